The van der Waals surface area contributed by atoms with Gasteiger partial charge in [-0.2, -0.15) is 5.01 Å². The van der Waals surface area contributed by atoms with Crippen LogP contribution in [0.3, 0.4) is 0 Å². The zero-order chi connectivity index (χ0) is 19.4. The van der Waals surface area contributed by atoms with Gasteiger partial charge in [-0.15, -0.1) is 0 Å². The van der Waals surface area contributed by atoms with Crippen LogP contribution in [0.4, 0.5) is 4.79 Å². The van der Waals surface area contributed by atoms with Gasteiger partial charge in [0.1, 0.15) is 5.54 Å². The van der Waals surface area contributed by atoms with E-state index in [2.05, 4.69) is 26.7 Å². The molecular weight excluding hydrogens is 412 g/mol. The predicted molar refractivity (Wildman–Crippen MR) is 104 cm³/mol. The highest BCUT2D eigenvalue weighted by Gasteiger charge is 2.52. The summed E-state index contributed by atoms with van der Waals surface area (Å²) in [6.07, 6.45) is 4.38. The van der Waals surface area contributed by atoms with Gasteiger partial charge in [0.15, 0.2) is 0 Å². The van der Waals surface area contributed by atoms with Crippen molar-refractivity contribution in [2.75, 3.05) is 13.6 Å². The molecule has 1 aliphatic heterocycles. The van der Waals surface area contributed by atoms with Gasteiger partial charge in [0, 0.05) is 24.0 Å². The number of carbonyl (C=O) groups excluding carboxylic acids is 3. The molecule has 0 unspecified atom stereocenters. The molecule has 1 heterocycles. The SMILES string of the molecule is CN(CCC(=O)NN1C(=O)NC2(CCCCC2)C1=O)Cc1ccc(Br)cc1. The Morgan fingerprint density at radius 1 is 1.22 bits per heavy atom. The zero-order valence-electron chi connectivity index (χ0n) is 15.5. The second-order valence-electron chi connectivity index (χ2n) is 7.36. The minimum atomic E-state index is -0.818. The second kappa shape index (κ2) is 8.39. The summed E-state index contributed by atoms with van der Waals surface area (Å²) >= 11 is 3.41. The molecule has 1 aromatic carbocycles. The van der Waals surface area contributed by atoms with Crippen molar-refractivity contribution < 1.29 is 14.4 Å². The maximum absolute atomic E-state index is 12.6. The number of rotatable bonds is 6. The Kier molecular flexibility index (Phi) is 6.16. The Labute approximate surface area is 167 Å². The third-order valence-electron chi connectivity index (χ3n) is 5.19. The lowest BCUT2D eigenvalue weighted by molar-refractivity contribution is -0.140. The Morgan fingerprint density at radius 2 is 1.89 bits per heavy atom. The van der Waals surface area contributed by atoms with Crippen LogP contribution in [0.25, 0.3) is 0 Å². The first kappa shape index (κ1) is 19.8. The first-order chi connectivity index (χ1) is 12.9. The second-order valence-corrected chi connectivity index (χ2v) is 8.28. The number of carbonyl (C=O) groups is 3. The maximum Gasteiger partial charge on any atom is 0.344 e. The number of nitrogens with one attached hydrogen (secondary N) is 2. The molecule has 1 saturated heterocycles. The Bertz CT molecular complexity index is 716. The highest BCUT2D eigenvalue weighted by atomic mass is 79.9. The molecule has 3 rings (SSSR count). The molecule has 7 nitrogen and oxygen atoms in total. The lowest BCUT2D eigenvalue weighted by Crippen LogP contribution is -2.51. The monoisotopic (exact) mass is 436 g/mol. The van der Waals surface area contributed by atoms with E-state index < -0.39 is 11.6 Å². The topological polar surface area (TPSA) is 81.8 Å². The van der Waals surface area contributed by atoms with Crippen molar-refractivity contribution in [2.24, 2.45) is 0 Å². The summed E-state index contributed by atoms with van der Waals surface area (Å²) in [7, 11) is 1.93. The van der Waals surface area contributed by atoms with E-state index in [1.165, 1.54) is 0 Å². The molecule has 8 heteroatoms. The van der Waals surface area contributed by atoms with E-state index in [1.54, 1.807) is 0 Å². The van der Waals surface area contributed by atoms with Gasteiger partial charge in [0.25, 0.3) is 5.91 Å². The summed E-state index contributed by atoms with van der Waals surface area (Å²) in [5, 5.41) is 3.65. The average Bonchev–Trinajstić information content (AvgIpc) is 2.86. The fourth-order valence-corrected chi connectivity index (χ4v) is 3.93. The van der Waals surface area contributed by atoms with Crippen molar-refractivity contribution >= 4 is 33.8 Å². The van der Waals surface area contributed by atoms with E-state index in [0.717, 1.165) is 34.3 Å². The van der Waals surface area contributed by atoms with Crippen LogP contribution in [-0.4, -0.2) is 46.9 Å². The standard InChI is InChI=1S/C19H25BrN4O3/c1-23(13-14-5-7-15(20)8-6-14)12-9-16(25)22-24-17(26)19(21-18(24)27)10-3-2-4-11-19/h5-8H,2-4,9-13H2,1H3,(H,21,27)(H,22,25). The molecule has 0 aromatic heterocycles. The van der Waals surface area contributed by atoms with Gasteiger partial charge in [-0.05, 0) is 37.6 Å². The molecular formula is C19H25BrN4O3. The molecule has 0 bridgehead atoms. The summed E-state index contributed by atoms with van der Waals surface area (Å²) in [6, 6.07) is 7.48. The summed E-state index contributed by atoms with van der Waals surface area (Å²) in [5.74, 6) is -0.669. The third kappa shape index (κ3) is 4.68. The van der Waals surface area contributed by atoms with E-state index in [0.29, 0.717) is 25.9 Å². The minimum absolute atomic E-state index is 0.205. The van der Waals surface area contributed by atoms with Gasteiger partial charge in [-0.25, -0.2) is 4.79 Å². The summed E-state index contributed by atoms with van der Waals surface area (Å²) in [4.78, 5) is 39.1. The molecule has 2 aliphatic rings. The van der Waals surface area contributed by atoms with E-state index >= 15 is 0 Å². The predicted octanol–water partition coefficient (Wildman–Crippen LogP) is 2.56. The molecule has 1 aromatic rings. The molecule has 27 heavy (non-hydrogen) atoms. The van der Waals surface area contributed by atoms with Crippen molar-refractivity contribution in [3.05, 3.63) is 34.3 Å². The first-order valence-corrected chi connectivity index (χ1v) is 10.1. The van der Waals surface area contributed by atoms with E-state index in [9.17, 15) is 14.4 Å². The quantitative estimate of drug-likeness (QED) is 0.671. The van der Waals surface area contributed by atoms with Gasteiger partial charge in [-0.1, -0.05) is 47.3 Å². The molecule has 146 valence electrons. The number of hydrogen-bond donors (Lipinski definition) is 2. The molecule has 1 saturated carbocycles. The van der Waals surface area contributed by atoms with Gasteiger partial charge in [0.2, 0.25) is 5.91 Å². The molecule has 2 fully saturated rings. The largest absolute Gasteiger partial charge is 0.344 e. The van der Waals surface area contributed by atoms with Crippen LogP contribution in [0.5, 0.6) is 0 Å². The number of amides is 4. The zero-order valence-corrected chi connectivity index (χ0v) is 17.0. The van der Waals surface area contributed by atoms with Crippen molar-refractivity contribution in [3.63, 3.8) is 0 Å². The number of hydrazine groups is 1. The lowest BCUT2D eigenvalue weighted by Gasteiger charge is -2.30. The highest BCUT2D eigenvalue weighted by molar-refractivity contribution is 9.10. The van der Waals surface area contributed by atoms with E-state index in [-0.39, 0.29) is 18.2 Å². The number of hydrogen-bond acceptors (Lipinski definition) is 4. The molecule has 1 spiro atoms. The number of imide groups is 1. The van der Waals surface area contributed by atoms with Crippen LogP contribution in [-0.2, 0) is 16.1 Å². The van der Waals surface area contributed by atoms with Gasteiger partial charge < -0.3 is 10.2 Å². The minimum Gasteiger partial charge on any atom is -0.322 e. The number of halogens is 1. The molecule has 0 atom stereocenters. The maximum atomic E-state index is 12.6. The fraction of sp³-hybridized carbons (Fsp3) is 0.526. The van der Waals surface area contributed by atoms with Crippen LogP contribution < -0.4 is 10.7 Å². The lowest BCUT2D eigenvalue weighted by atomic mass is 9.82. The molecule has 1 aliphatic carbocycles. The summed E-state index contributed by atoms with van der Waals surface area (Å²) in [6.45, 7) is 1.24. The van der Waals surface area contributed by atoms with Crippen molar-refractivity contribution in [3.8, 4) is 0 Å². The Hall–Kier alpha value is -1.93. The first-order valence-electron chi connectivity index (χ1n) is 9.29. The van der Waals surface area contributed by atoms with Gasteiger partial charge >= 0.3 is 6.03 Å². The number of benzene rings is 1. The van der Waals surface area contributed by atoms with Crippen LogP contribution >= 0.6 is 15.9 Å². The molecule has 0 radical (unpaired) electrons. The van der Waals surface area contributed by atoms with Crippen LogP contribution in [0.1, 0.15) is 44.1 Å². The number of nitrogens with zero attached hydrogens (tertiary/aromatic N) is 2. The highest BCUT2D eigenvalue weighted by Crippen LogP contribution is 2.32. The van der Waals surface area contributed by atoms with Crippen molar-refractivity contribution in [1.82, 2.24) is 20.7 Å². The van der Waals surface area contributed by atoms with E-state index in [4.69, 9.17) is 0 Å². The van der Waals surface area contributed by atoms with Gasteiger partial charge in [0.05, 0.1) is 0 Å². The smallest absolute Gasteiger partial charge is 0.322 e. The third-order valence-corrected chi connectivity index (χ3v) is 5.72. The van der Waals surface area contributed by atoms with Crippen molar-refractivity contribution in [2.45, 2.75) is 50.6 Å². The fourth-order valence-electron chi connectivity index (χ4n) is 3.67. The molecule has 4 amide bonds. The Morgan fingerprint density at radius 3 is 2.56 bits per heavy atom. The Balaban J connectivity index is 1.48. The normalized spacial score (nSPS) is 18.9. The van der Waals surface area contributed by atoms with Crippen LogP contribution in [0.15, 0.2) is 28.7 Å². The van der Waals surface area contributed by atoms with Crippen LogP contribution in [0.2, 0.25) is 0 Å². The number of urea groups is 1. The van der Waals surface area contributed by atoms with E-state index in [1.807, 2.05) is 36.2 Å². The summed E-state index contributed by atoms with van der Waals surface area (Å²) in [5.41, 5.74) is 2.81. The van der Waals surface area contributed by atoms with Crippen molar-refractivity contribution in [1.29, 1.82) is 0 Å². The summed E-state index contributed by atoms with van der Waals surface area (Å²) < 4.78 is 1.03. The molecule has 2 N–H and O–H groups in total. The van der Waals surface area contributed by atoms with Crippen LogP contribution in [0, 0.1) is 0 Å². The average molecular weight is 437 g/mol. The van der Waals surface area contributed by atoms with Gasteiger partial charge in [-0.3, -0.25) is 15.0 Å².